The van der Waals surface area contributed by atoms with E-state index in [0.717, 1.165) is 31.6 Å². The molecule has 1 aromatic rings. The van der Waals surface area contributed by atoms with Gasteiger partial charge in [0.2, 0.25) is 0 Å². The summed E-state index contributed by atoms with van der Waals surface area (Å²) < 4.78 is 7.09. The summed E-state index contributed by atoms with van der Waals surface area (Å²) in [5.74, 6) is -0.0906. The van der Waals surface area contributed by atoms with E-state index < -0.39 is 0 Å². The summed E-state index contributed by atoms with van der Waals surface area (Å²) in [6, 6.07) is -0.0788. The van der Waals surface area contributed by atoms with Gasteiger partial charge in [-0.05, 0) is 26.3 Å². The Morgan fingerprint density at radius 1 is 1.65 bits per heavy atom. The second kappa shape index (κ2) is 5.31. The van der Waals surface area contributed by atoms with Gasteiger partial charge in [0, 0.05) is 19.8 Å². The van der Waals surface area contributed by atoms with Crippen molar-refractivity contribution >= 4 is 5.97 Å². The molecule has 0 saturated carbocycles. The molecule has 1 unspecified atom stereocenters. The van der Waals surface area contributed by atoms with E-state index >= 15 is 0 Å². The van der Waals surface area contributed by atoms with Crippen molar-refractivity contribution in [1.29, 1.82) is 0 Å². The van der Waals surface area contributed by atoms with Gasteiger partial charge in [-0.15, -0.1) is 0 Å². The summed E-state index contributed by atoms with van der Waals surface area (Å²) in [4.78, 5) is 18.0. The van der Waals surface area contributed by atoms with Crippen LogP contribution < -0.4 is 0 Å². The highest BCUT2D eigenvalue weighted by atomic mass is 16.5. The number of likely N-dealkylation sites (tertiary alicyclic amines) is 1. The lowest BCUT2D eigenvalue weighted by atomic mass is 10.2. The zero-order valence-electron chi connectivity index (χ0n) is 10.4. The van der Waals surface area contributed by atoms with Gasteiger partial charge in [0.05, 0.1) is 18.6 Å². The number of aromatic nitrogens is 2. The molecular formula is C12H19N3O2. The number of nitrogens with zero attached hydrogens (tertiary/aromatic N) is 3. The lowest BCUT2D eigenvalue weighted by molar-refractivity contribution is -0.148. The standard InChI is InChI=1S/C12H19N3O2/c1-3-17-12(16)11-5-4-6-15(11)8-10-7-13-9-14(10)2/h7,9,11H,3-6,8H2,1-2H3. The first kappa shape index (κ1) is 12.1. The van der Waals surface area contributed by atoms with Gasteiger partial charge in [-0.3, -0.25) is 9.69 Å². The van der Waals surface area contributed by atoms with Gasteiger partial charge >= 0.3 is 5.97 Å². The van der Waals surface area contributed by atoms with E-state index in [-0.39, 0.29) is 12.0 Å². The van der Waals surface area contributed by atoms with Crippen molar-refractivity contribution in [1.82, 2.24) is 14.5 Å². The molecule has 0 bridgehead atoms. The first-order valence-corrected chi connectivity index (χ1v) is 6.08. The first-order valence-electron chi connectivity index (χ1n) is 6.08. The van der Waals surface area contributed by atoms with E-state index in [1.807, 2.05) is 24.7 Å². The van der Waals surface area contributed by atoms with Gasteiger partial charge in [-0.2, -0.15) is 0 Å². The Labute approximate surface area is 101 Å². The summed E-state index contributed by atoms with van der Waals surface area (Å²) in [6.07, 6.45) is 5.59. The maximum absolute atomic E-state index is 11.8. The third-order valence-corrected chi connectivity index (χ3v) is 3.20. The fourth-order valence-electron chi connectivity index (χ4n) is 2.27. The lowest BCUT2D eigenvalue weighted by Crippen LogP contribution is -2.37. The molecule has 1 saturated heterocycles. The van der Waals surface area contributed by atoms with E-state index in [0.29, 0.717) is 6.61 Å². The third kappa shape index (κ3) is 2.66. The minimum Gasteiger partial charge on any atom is -0.465 e. The zero-order chi connectivity index (χ0) is 12.3. The second-order valence-electron chi connectivity index (χ2n) is 4.38. The molecule has 1 atom stereocenters. The molecule has 94 valence electrons. The molecule has 1 aromatic heterocycles. The van der Waals surface area contributed by atoms with Crippen LogP contribution in [-0.4, -0.2) is 39.6 Å². The van der Waals surface area contributed by atoms with Gasteiger partial charge in [0.15, 0.2) is 0 Å². The summed E-state index contributed by atoms with van der Waals surface area (Å²) >= 11 is 0. The Hall–Kier alpha value is -1.36. The van der Waals surface area contributed by atoms with Crippen LogP contribution in [0.25, 0.3) is 0 Å². The Kier molecular flexibility index (Phi) is 3.78. The van der Waals surface area contributed by atoms with Gasteiger partial charge < -0.3 is 9.30 Å². The fourth-order valence-corrected chi connectivity index (χ4v) is 2.27. The molecule has 1 aliphatic heterocycles. The van der Waals surface area contributed by atoms with E-state index in [4.69, 9.17) is 4.74 Å². The summed E-state index contributed by atoms with van der Waals surface area (Å²) in [5.41, 5.74) is 1.13. The lowest BCUT2D eigenvalue weighted by Gasteiger charge is -2.22. The van der Waals surface area contributed by atoms with E-state index in [1.165, 1.54) is 0 Å². The number of rotatable bonds is 4. The number of ether oxygens (including phenoxy) is 1. The van der Waals surface area contributed by atoms with Gasteiger partial charge in [-0.25, -0.2) is 4.98 Å². The molecule has 5 heteroatoms. The minimum atomic E-state index is -0.0906. The number of carbonyl (C=O) groups excluding carboxylic acids is 1. The van der Waals surface area contributed by atoms with Crippen LogP contribution in [0.15, 0.2) is 12.5 Å². The Morgan fingerprint density at radius 3 is 3.12 bits per heavy atom. The highest BCUT2D eigenvalue weighted by Crippen LogP contribution is 2.20. The molecule has 17 heavy (non-hydrogen) atoms. The predicted octanol–water partition coefficient (Wildman–Crippen LogP) is 0.948. The van der Waals surface area contributed by atoms with Crippen LogP contribution in [0.4, 0.5) is 0 Å². The second-order valence-corrected chi connectivity index (χ2v) is 4.38. The van der Waals surface area contributed by atoms with Crippen molar-refractivity contribution < 1.29 is 9.53 Å². The molecule has 0 radical (unpaired) electrons. The highest BCUT2D eigenvalue weighted by Gasteiger charge is 2.31. The van der Waals surface area contributed by atoms with Crippen LogP contribution in [0.5, 0.6) is 0 Å². The average molecular weight is 237 g/mol. The molecule has 2 heterocycles. The monoisotopic (exact) mass is 237 g/mol. The molecular weight excluding hydrogens is 218 g/mol. The van der Waals surface area contributed by atoms with Crippen LogP contribution in [0.2, 0.25) is 0 Å². The fraction of sp³-hybridized carbons (Fsp3) is 0.667. The molecule has 2 rings (SSSR count). The largest absolute Gasteiger partial charge is 0.465 e. The molecule has 1 aliphatic rings. The van der Waals surface area contributed by atoms with Crippen LogP contribution in [-0.2, 0) is 23.1 Å². The highest BCUT2D eigenvalue weighted by molar-refractivity contribution is 5.76. The summed E-state index contributed by atoms with van der Waals surface area (Å²) in [7, 11) is 1.97. The number of carbonyl (C=O) groups is 1. The molecule has 1 fully saturated rings. The predicted molar refractivity (Wildman–Crippen MR) is 63.3 cm³/mol. The van der Waals surface area contributed by atoms with Gasteiger partial charge in [0.25, 0.3) is 0 Å². The first-order chi connectivity index (χ1) is 8.22. The number of esters is 1. The third-order valence-electron chi connectivity index (χ3n) is 3.20. The van der Waals surface area contributed by atoms with Crippen molar-refractivity contribution in [2.45, 2.75) is 32.4 Å². The number of hydrogen-bond donors (Lipinski definition) is 0. The van der Waals surface area contributed by atoms with Crippen molar-refractivity contribution in [2.24, 2.45) is 7.05 Å². The zero-order valence-corrected chi connectivity index (χ0v) is 10.4. The number of imidazole rings is 1. The van der Waals surface area contributed by atoms with Gasteiger partial charge in [-0.1, -0.05) is 0 Å². The van der Waals surface area contributed by atoms with E-state index in [1.54, 1.807) is 6.33 Å². The molecule has 0 spiro atoms. The number of aryl methyl sites for hydroxylation is 1. The van der Waals surface area contributed by atoms with Gasteiger partial charge in [0.1, 0.15) is 6.04 Å². The van der Waals surface area contributed by atoms with Crippen molar-refractivity contribution in [3.63, 3.8) is 0 Å². The van der Waals surface area contributed by atoms with Crippen LogP contribution in [0.3, 0.4) is 0 Å². The molecule has 0 aliphatic carbocycles. The minimum absolute atomic E-state index is 0.0788. The molecule has 0 N–H and O–H groups in total. The molecule has 0 amide bonds. The Bertz CT molecular complexity index is 389. The summed E-state index contributed by atoms with van der Waals surface area (Å²) in [6.45, 7) is 4.02. The normalized spacial score (nSPS) is 20.7. The van der Waals surface area contributed by atoms with Crippen LogP contribution >= 0.6 is 0 Å². The topological polar surface area (TPSA) is 47.4 Å². The van der Waals surface area contributed by atoms with Crippen molar-refractivity contribution in [2.75, 3.05) is 13.2 Å². The van der Waals surface area contributed by atoms with E-state index in [2.05, 4.69) is 9.88 Å². The summed E-state index contributed by atoms with van der Waals surface area (Å²) in [5, 5.41) is 0. The SMILES string of the molecule is CCOC(=O)C1CCCN1Cc1cncn1C. The van der Waals surface area contributed by atoms with Crippen molar-refractivity contribution in [3.8, 4) is 0 Å². The molecule has 0 aromatic carbocycles. The Morgan fingerprint density at radius 2 is 2.47 bits per heavy atom. The van der Waals surface area contributed by atoms with Crippen molar-refractivity contribution in [3.05, 3.63) is 18.2 Å². The quantitative estimate of drug-likeness (QED) is 0.731. The van der Waals surface area contributed by atoms with Crippen LogP contribution in [0.1, 0.15) is 25.5 Å². The number of hydrogen-bond acceptors (Lipinski definition) is 4. The van der Waals surface area contributed by atoms with E-state index in [9.17, 15) is 4.79 Å². The smallest absolute Gasteiger partial charge is 0.323 e. The van der Waals surface area contributed by atoms with Crippen LogP contribution in [0, 0.1) is 0 Å². The molecule has 5 nitrogen and oxygen atoms in total. The Balaban J connectivity index is 2.00. The maximum Gasteiger partial charge on any atom is 0.323 e. The maximum atomic E-state index is 11.8. The average Bonchev–Trinajstić information content (AvgIpc) is 2.90.